The molecule has 1 aliphatic heterocycles. The van der Waals surface area contributed by atoms with Gasteiger partial charge in [-0.1, -0.05) is 178 Å². The Morgan fingerprint density at radius 2 is 1.13 bits per heavy atom. The van der Waals surface area contributed by atoms with Crippen LogP contribution in [0, 0.1) is 0 Å². The highest BCUT2D eigenvalue weighted by Crippen LogP contribution is 2.62. The van der Waals surface area contributed by atoms with Gasteiger partial charge in [-0.15, -0.1) is 11.3 Å². The Bertz CT molecular complexity index is 3910. The molecule has 12 aromatic rings. The highest BCUT2D eigenvalue weighted by Gasteiger charge is 2.52. The molecule has 2 unspecified atom stereocenters. The van der Waals surface area contributed by atoms with Crippen molar-refractivity contribution < 1.29 is 4.74 Å². The van der Waals surface area contributed by atoms with Crippen LogP contribution in [0.15, 0.2) is 218 Å². The van der Waals surface area contributed by atoms with Crippen LogP contribution in [0.3, 0.4) is 0 Å². The van der Waals surface area contributed by atoms with Crippen LogP contribution in [0.25, 0.3) is 80.7 Å². The normalized spacial score (nSPS) is 15.9. The fourth-order valence-electron chi connectivity index (χ4n) is 11.8. The van der Waals surface area contributed by atoms with E-state index in [4.69, 9.17) is 4.74 Å². The summed E-state index contributed by atoms with van der Waals surface area (Å²) >= 11 is 1.88. The fraction of sp³-hybridized carbons (Fsp3) is 0.0794. The van der Waals surface area contributed by atoms with Gasteiger partial charge in [-0.2, -0.15) is 0 Å². The zero-order valence-electron chi connectivity index (χ0n) is 37.2. The van der Waals surface area contributed by atoms with Crippen LogP contribution in [0.4, 0.5) is 17.1 Å². The van der Waals surface area contributed by atoms with Gasteiger partial charge in [0, 0.05) is 66.1 Å². The van der Waals surface area contributed by atoms with Gasteiger partial charge < -0.3 is 14.2 Å². The molecule has 0 amide bonds. The molecule has 2 aliphatic rings. The van der Waals surface area contributed by atoms with Crippen LogP contribution >= 0.6 is 11.3 Å². The predicted octanol–water partition coefficient (Wildman–Crippen LogP) is 17.6. The van der Waals surface area contributed by atoms with E-state index in [9.17, 15) is 0 Å². The van der Waals surface area contributed by atoms with Gasteiger partial charge in [-0.05, 0) is 87.1 Å². The first-order chi connectivity index (χ1) is 33.0. The molecule has 0 saturated carbocycles. The molecule has 0 N–H and O–H groups in total. The Labute approximate surface area is 393 Å². The minimum atomic E-state index is -0.0450. The van der Waals surface area contributed by atoms with E-state index in [0.717, 1.165) is 22.8 Å². The zero-order valence-corrected chi connectivity index (χ0v) is 38.0. The van der Waals surface area contributed by atoms with E-state index in [0.29, 0.717) is 0 Å². The summed E-state index contributed by atoms with van der Waals surface area (Å²) in [6.45, 7) is 4.76. The number of aromatic nitrogens is 1. The van der Waals surface area contributed by atoms with Crippen LogP contribution in [0.5, 0.6) is 5.75 Å². The molecule has 14 rings (SSSR count). The van der Waals surface area contributed by atoms with Crippen molar-refractivity contribution in [2.45, 2.75) is 31.3 Å². The van der Waals surface area contributed by atoms with Gasteiger partial charge in [0.05, 0.1) is 27.1 Å². The van der Waals surface area contributed by atoms with Gasteiger partial charge in [0.1, 0.15) is 11.9 Å². The third kappa shape index (κ3) is 5.70. The summed E-state index contributed by atoms with van der Waals surface area (Å²) in [5.74, 6) is 1.23. The van der Waals surface area contributed by atoms with Crippen molar-refractivity contribution in [2.24, 2.45) is 0 Å². The maximum Gasteiger partial charge on any atom is 0.132 e. The van der Waals surface area contributed by atoms with E-state index in [1.165, 1.54) is 97.4 Å². The third-order valence-electron chi connectivity index (χ3n) is 14.9. The van der Waals surface area contributed by atoms with Crippen molar-refractivity contribution in [3.05, 3.63) is 235 Å². The quantitative estimate of drug-likeness (QED) is 0.166. The Hall–Kier alpha value is -7.92. The number of rotatable bonds is 6. The zero-order chi connectivity index (χ0) is 44.4. The van der Waals surface area contributed by atoms with Gasteiger partial charge >= 0.3 is 0 Å². The molecule has 2 atom stereocenters. The Kier molecular flexibility index (Phi) is 8.32. The molecule has 0 radical (unpaired) electrons. The molecule has 0 fully saturated rings. The number of anilines is 3. The molecule has 0 saturated heterocycles. The number of hydrogen-bond donors (Lipinski definition) is 0. The summed E-state index contributed by atoms with van der Waals surface area (Å²) in [6.07, 6.45) is 0.00480. The van der Waals surface area contributed by atoms with Crippen LogP contribution in [-0.4, -0.2) is 4.57 Å². The van der Waals surface area contributed by atoms with Gasteiger partial charge in [0.2, 0.25) is 0 Å². The number of hydrogen-bond acceptors (Lipinski definition) is 3. The molecule has 0 bridgehead atoms. The smallest absolute Gasteiger partial charge is 0.132 e. The summed E-state index contributed by atoms with van der Waals surface area (Å²) in [5.41, 5.74) is 15.7. The Morgan fingerprint density at radius 1 is 0.493 bits per heavy atom. The lowest BCUT2D eigenvalue weighted by molar-refractivity contribution is 0.198. The van der Waals surface area contributed by atoms with Gasteiger partial charge in [-0.3, -0.25) is 0 Å². The molecule has 3 nitrogen and oxygen atoms in total. The highest BCUT2D eigenvalue weighted by molar-refractivity contribution is 7.26. The van der Waals surface area contributed by atoms with Gasteiger partial charge in [0.15, 0.2) is 0 Å². The number of fused-ring (bicyclic) bond motifs is 12. The van der Waals surface area contributed by atoms with Crippen molar-refractivity contribution in [1.29, 1.82) is 0 Å². The molecule has 67 heavy (non-hydrogen) atoms. The lowest BCUT2D eigenvalue weighted by atomic mass is 9.75. The molecule has 3 heterocycles. The molecule has 2 aromatic heterocycles. The lowest BCUT2D eigenvalue weighted by Crippen LogP contribution is -2.22. The minimum absolute atomic E-state index is 0.00480. The van der Waals surface area contributed by atoms with Crippen molar-refractivity contribution in [1.82, 2.24) is 4.57 Å². The molecular formula is C63H44N2OS. The average molecular weight is 877 g/mol. The number of ether oxygens (including phenoxy) is 1. The second-order valence-electron chi connectivity index (χ2n) is 18.8. The largest absolute Gasteiger partial charge is 0.485 e. The second kappa shape index (κ2) is 14.5. The molecule has 4 heteroatoms. The number of benzene rings is 10. The molecule has 318 valence electrons. The number of para-hydroxylation sites is 3. The van der Waals surface area contributed by atoms with Gasteiger partial charge in [0.25, 0.3) is 0 Å². The van der Waals surface area contributed by atoms with E-state index >= 15 is 0 Å². The summed E-state index contributed by atoms with van der Waals surface area (Å²) in [7, 11) is 0. The first-order valence-corrected chi connectivity index (χ1v) is 24.1. The van der Waals surface area contributed by atoms with Crippen LogP contribution in [-0.2, 0) is 5.41 Å². The summed E-state index contributed by atoms with van der Waals surface area (Å²) in [4.78, 5) is 2.44. The number of nitrogens with zero attached hydrogens (tertiary/aromatic N) is 2. The van der Waals surface area contributed by atoms with Crippen molar-refractivity contribution in [3.63, 3.8) is 0 Å². The number of thiophene rings is 1. The minimum Gasteiger partial charge on any atom is -0.485 e. The van der Waals surface area contributed by atoms with Crippen molar-refractivity contribution in [2.75, 3.05) is 4.90 Å². The maximum atomic E-state index is 7.02. The van der Waals surface area contributed by atoms with Gasteiger partial charge in [-0.25, -0.2) is 0 Å². The van der Waals surface area contributed by atoms with E-state index in [1.807, 2.05) is 11.3 Å². The fourth-order valence-corrected chi connectivity index (χ4v) is 13.1. The third-order valence-corrected chi connectivity index (χ3v) is 16.1. The SMILES string of the molecule is CC1(C)c2ccccc2C2Oc3cc(N(c4ccc(-c5cccc6ccccc56)cc4)c4cccc5c4sc4cc(-c6ccccc6-n6c7ccccc7c7ccccc76)ccc45)ccc3C21. The summed E-state index contributed by atoms with van der Waals surface area (Å²) in [5, 5.41) is 7.54. The first kappa shape index (κ1) is 38.4. The van der Waals surface area contributed by atoms with Crippen LogP contribution < -0.4 is 9.64 Å². The Balaban J connectivity index is 0.920. The topological polar surface area (TPSA) is 17.4 Å². The van der Waals surface area contributed by atoms with Crippen LogP contribution in [0.1, 0.15) is 42.6 Å². The van der Waals surface area contributed by atoms with E-state index in [-0.39, 0.29) is 17.4 Å². The van der Waals surface area contributed by atoms with Crippen molar-refractivity contribution >= 4 is 81.1 Å². The summed E-state index contributed by atoms with van der Waals surface area (Å²) < 4.78 is 12.0. The predicted molar refractivity (Wildman–Crippen MR) is 282 cm³/mol. The highest BCUT2D eigenvalue weighted by atomic mass is 32.1. The summed E-state index contributed by atoms with van der Waals surface area (Å²) in [6, 6.07) is 80.4. The average Bonchev–Trinajstić information content (AvgIpc) is 4.11. The van der Waals surface area contributed by atoms with E-state index in [2.05, 4.69) is 242 Å². The Morgan fingerprint density at radius 3 is 1.97 bits per heavy atom. The first-order valence-electron chi connectivity index (χ1n) is 23.3. The second-order valence-corrected chi connectivity index (χ2v) is 19.9. The standard InChI is InChI=1S/C63H44N2OS/c1-63(2)53-24-9-5-21-51(53)61-60(63)52-36-34-43(38-58(52)66-61)64(42-32-29-40(30-33-42)45-22-13-16-39-15-3-4-17-44(39)45)57-28-14-23-50-49-35-31-41(37-59(49)67-62(50)57)46-18-6-10-25-54(46)65-55-26-11-7-19-47(55)48-20-8-12-27-56(48)65/h3-38,60-61H,1-2H3. The van der Waals surface area contributed by atoms with E-state index < -0.39 is 0 Å². The molecule has 10 aromatic carbocycles. The maximum absolute atomic E-state index is 7.02. The van der Waals surface area contributed by atoms with Crippen LogP contribution in [0.2, 0.25) is 0 Å². The molecular weight excluding hydrogens is 833 g/mol. The van der Waals surface area contributed by atoms with E-state index in [1.54, 1.807) is 0 Å². The van der Waals surface area contributed by atoms with Crippen molar-refractivity contribution in [3.8, 4) is 33.7 Å². The monoisotopic (exact) mass is 876 g/mol. The molecule has 1 aliphatic carbocycles. The lowest BCUT2D eigenvalue weighted by Gasteiger charge is -2.28. The molecule has 0 spiro atoms.